The van der Waals surface area contributed by atoms with E-state index in [1.165, 1.54) is 20.1 Å². The average Bonchev–Trinajstić information content (AvgIpc) is 2.68. The number of benzene rings is 1. The minimum atomic E-state index is -1.01. The van der Waals surface area contributed by atoms with E-state index < -0.39 is 23.5 Å². The van der Waals surface area contributed by atoms with Crippen LogP contribution in [0.5, 0.6) is 11.5 Å². The van der Waals surface area contributed by atoms with Crippen LogP contribution in [0.15, 0.2) is 18.2 Å². The second-order valence-corrected chi connectivity index (χ2v) is 6.59. The predicted octanol–water partition coefficient (Wildman–Crippen LogP) is 2.98. The van der Waals surface area contributed by atoms with E-state index in [1.807, 2.05) is 6.92 Å². The molecule has 0 heterocycles. The number of hydrogen-bond donors (Lipinski definition) is 1. The van der Waals surface area contributed by atoms with Crippen molar-refractivity contribution in [3.8, 4) is 17.6 Å². The van der Waals surface area contributed by atoms with Gasteiger partial charge in [0.05, 0.1) is 25.3 Å². The fraction of sp³-hybridized carbons (Fsp3) is 0.550. The van der Waals surface area contributed by atoms with E-state index in [4.69, 9.17) is 14.2 Å². The molecule has 0 unspecified atom stereocenters. The van der Waals surface area contributed by atoms with Crippen molar-refractivity contribution in [3.05, 3.63) is 23.8 Å². The van der Waals surface area contributed by atoms with Gasteiger partial charge in [-0.25, -0.2) is 4.79 Å². The first-order chi connectivity index (χ1) is 12.9. The number of methoxy groups -OCH3 is 1. The second kappa shape index (κ2) is 9.26. The Kier molecular flexibility index (Phi) is 7.05. The number of rotatable bonds is 7. The maximum atomic E-state index is 12.4. The molecule has 146 valence electrons. The van der Waals surface area contributed by atoms with E-state index in [9.17, 15) is 14.9 Å². The minimum absolute atomic E-state index is 0.256. The molecule has 27 heavy (non-hydrogen) atoms. The summed E-state index contributed by atoms with van der Waals surface area (Å²) < 4.78 is 15.9. The molecule has 0 aromatic heterocycles. The van der Waals surface area contributed by atoms with Gasteiger partial charge < -0.3 is 19.5 Å². The van der Waals surface area contributed by atoms with Gasteiger partial charge in [-0.15, -0.1) is 0 Å². The highest BCUT2D eigenvalue weighted by molar-refractivity contribution is 5.93. The number of carbonyl (C=O) groups excluding carboxylic acids is 2. The van der Waals surface area contributed by atoms with Crippen LogP contribution in [0, 0.1) is 11.3 Å². The molecule has 1 aromatic carbocycles. The van der Waals surface area contributed by atoms with Crippen molar-refractivity contribution in [1.82, 2.24) is 5.32 Å². The molecule has 1 aliphatic carbocycles. The van der Waals surface area contributed by atoms with Crippen LogP contribution in [0.3, 0.4) is 0 Å². The largest absolute Gasteiger partial charge is 0.493 e. The second-order valence-electron chi connectivity index (χ2n) is 6.59. The Bertz CT molecular complexity index is 720. The Hall–Kier alpha value is -2.75. The van der Waals surface area contributed by atoms with E-state index in [2.05, 4.69) is 11.4 Å². The molecular weight excluding hydrogens is 348 g/mol. The summed E-state index contributed by atoms with van der Waals surface area (Å²) in [5, 5.41) is 12.2. The lowest BCUT2D eigenvalue weighted by Crippen LogP contribution is -2.52. The summed E-state index contributed by atoms with van der Waals surface area (Å²) in [4.78, 5) is 24.8. The number of carbonyl (C=O) groups is 2. The van der Waals surface area contributed by atoms with Crippen LogP contribution < -0.4 is 14.8 Å². The molecule has 1 N–H and O–H groups in total. The van der Waals surface area contributed by atoms with Gasteiger partial charge >= 0.3 is 5.97 Å². The van der Waals surface area contributed by atoms with Crippen molar-refractivity contribution < 1.29 is 23.8 Å². The zero-order chi connectivity index (χ0) is 19.9. The van der Waals surface area contributed by atoms with Gasteiger partial charge in [0, 0.05) is 0 Å². The average molecular weight is 374 g/mol. The number of ether oxygens (including phenoxy) is 3. The summed E-state index contributed by atoms with van der Waals surface area (Å²) in [7, 11) is 1.51. The molecule has 7 heteroatoms. The highest BCUT2D eigenvalue weighted by Crippen LogP contribution is 2.29. The molecule has 0 spiro atoms. The molecule has 1 aromatic rings. The molecule has 2 rings (SSSR count). The Morgan fingerprint density at radius 2 is 1.96 bits per heavy atom. The Morgan fingerprint density at radius 1 is 1.26 bits per heavy atom. The van der Waals surface area contributed by atoms with Crippen molar-refractivity contribution >= 4 is 11.9 Å². The fourth-order valence-electron chi connectivity index (χ4n) is 3.11. The lowest BCUT2D eigenvalue weighted by molar-refractivity contribution is -0.130. The SMILES string of the molecule is CCOc1cc(C(=O)O[C@H](C)C(=O)NC2(C#N)CCCCC2)ccc1OC. The summed E-state index contributed by atoms with van der Waals surface area (Å²) in [6, 6.07) is 6.90. The number of nitrogens with zero attached hydrogens (tertiary/aromatic N) is 1. The van der Waals surface area contributed by atoms with Crippen LogP contribution >= 0.6 is 0 Å². The van der Waals surface area contributed by atoms with Crippen LogP contribution in [-0.4, -0.2) is 37.2 Å². The molecule has 7 nitrogen and oxygen atoms in total. The maximum Gasteiger partial charge on any atom is 0.339 e. The normalized spacial score (nSPS) is 16.5. The summed E-state index contributed by atoms with van der Waals surface area (Å²) in [6.45, 7) is 3.74. The summed E-state index contributed by atoms with van der Waals surface area (Å²) in [5.41, 5.74) is -0.607. The Labute approximate surface area is 159 Å². The van der Waals surface area contributed by atoms with Crippen LogP contribution in [0.4, 0.5) is 0 Å². The monoisotopic (exact) mass is 374 g/mol. The fourth-order valence-corrected chi connectivity index (χ4v) is 3.11. The summed E-state index contributed by atoms with van der Waals surface area (Å²) >= 11 is 0. The third-order valence-corrected chi connectivity index (χ3v) is 4.64. The van der Waals surface area contributed by atoms with Crippen molar-refractivity contribution in [2.24, 2.45) is 0 Å². The topological polar surface area (TPSA) is 97.6 Å². The molecule has 1 atom stereocenters. The van der Waals surface area contributed by atoms with Gasteiger partial charge in [-0.05, 0) is 44.9 Å². The quantitative estimate of drug-likeness (QED) is 0.737. The number of hydrogen-bond acceptors (Lipinski definition) is 6. The molecule has 1 amide bonds. The molecule has 1 aliphatic rings. The lowest BCUT2D eigenvalue weighted by atomic mass is 9.83. The smallest absolute Gasteiger partial charge is 0.339 e. The standard InChI is InChI=1S/C20H26N2O5/c1-4-26-17-12-15(8-9-16(17)25-3)19(24)27-14(2)18(23)22-20(13-21)10-6-5-7-11-20/h8-9,12,14H,4-7,10-11H2,1-3H3,(H,22,23)/t14-/m1/s1. The molecule has 0 aliphatic heterocycles. The Balaban J connectivity index is 2.03. The van der Waals surface area contributed by atoms with E-state index in [1.54, 1.807) is 12.1 Å². The van der Waals surface area contributed by atoms with E-state index in [0.717, 1.165) is 19.3 Å². The van der Waals surface area contributed by atoms with E-state index in [-0.39, 0.29) is 5.56 Å². The van der Waals surface area contributed by atoms with Gasteiger partial charge in [0.1, 0.15) is 5.54 Å². The van der Waals surface area contributed by atoms with Crippen molar-refractivity contribution in [1.29, 1.82) is 5.26 Å². The van der Waals surface area contributed by atoms with Gasteiger partial charge in [-0.1, -0.05) is 19.3 Å². The van der Waals surface area contributed by atoms with Crippen LogP contribution in [0.2, 0.25) is 0 Å². The maximum absolute atomic E-state index is 12.4. The van der Waals surface area contributed by atoms with Crippen LogP contribution in [0.25, 0.3) is 0 Å². The van der Waals surface area contributed by atoms with Gasteiger partial charge in [0.25, 0.3) is 5.91 Å². The molecular formula is C20H26N2O5. The zero-order valence-corrected chi connectivity index (χ0v) is 16.0. The van der Waals surface area contributed by atoms with Crippen LogP contribution in [-0.2, 0) is 9.53 Å². The Morgan fingerprint density at radius 3 is 2.56 bits per heavy atom. The molecule has 0 saturated heterocycles. The molecule has 0 radical (unpaired) electrons. The van der Waals surface area contributed by atoms with Crippen molar-refractivity contribution in [2.45, 2.75) is 57.6 Å². The number of amides is 1. The summed E-state index contributed by atoms with van der Waals surface area (Å²) in [6.07, 6.45) is 3.08. The van der Waals surface area contributed by atoms with Gasteiger partial charge in [-0.3, -0.25) is 4.79 Å². The number of nitriles is 1. The van der Waals surface area contributed by atoms with Gasteiger partial charge in [0.2, 0.25) is 0 Å². The van der Waals surface area contributed by atoms with Crippen LogP contribution in [0.1, 0.15) is 56.3 Å². The van der Waals surface area contributed by atoms with Crippen molar-refractivity contribution in [3.63, 3.8) is 0 Å². The van der Waals surface area contributed by atoms with E-state index in [0.29, 0.717) is 30.9 Å². The molecule has 0 bridgehead atoms. The first kappa shape index (κ1) is 20.6. The van der Waals surface area contributed by atoms with Gasteiger partial charge in [-0.2, -0.15) is 5.26 Å². The summed E-state index contributed by atoms with van der Waals surface area (Å²) in [5.74, 6) is -0.175. The highest BCUT2D eigenvalue weighted by atomic mass is 16.5. The van der Waals surface area contributed by atoms with E-state index >= 15 is 0 Å². The third kappa shape index (κ3) is 5.13. The molecule has 1 fully saturated rings. The van der Waals surface area contributed by atoms with Crippen molar-refractivity contribution in [2.75, 3.05) is 13.7 Å². The zero-order valence-electron chi connectivity index (χ0n) is 16.0. The lowest BCUT2D eigenvalue weighted by Gasteiger charge is -2.32. The highest BCUT2D eigenvalue weighted by Gasteiger charge is 2.35. The number of esters is 1. The van der Waals surface area contributed by atoms with Gasteiger partial charge in [0.15, 0.2) is 17.6 Å². The first-order valence-corrected chi connectivity index (χ1v) is 9.20. The first-order valence-electron chi connectivity index (χ1n) is 9.20. The number of nitrogens with one attached hydrogen (secondary N) is 1. The third-order valence-electron chi connectivity index (χ3n) is 4.64. The minimum Gasteiger partial charge on any atom is -0.493 e. The molecule has 1 saturated carbocycles. The predicted molar refractivity (Wildman–Crippen MR) is 98.6 cm³/mol.